The van der Waals surface area contributed by atoms with Crippen molar-refractivity contribution in [3.05, 3.63) is 28.7 Å². The van der Waals surface area contributed by atoms with Gasteiger partial charge in [0, 0.05) is 31.9 Å². The van der Waals surface area contributed by atoms with E-state index >= 15 is 0 Å². The number of nitrogens with one attached hydrogen (secondary N) is 1. The van der Waals surface area contributed by atoms with Gasteiger partial charge in [-0.3, -0.25) is 4.79 Å². The van der Waals surface area contributed by atoms with Crippen molar-refractivity contribution in [3.8, 4) is 0 Å². The highest BCUT2D eigenvalue weighted by atomic mass is 35.5. The van der Waals surface area contributed by atoms with E-state index in [-0.39, 0.29) is 36.3 Å². The Bertz CT molecular complexity index is 641. The number of aryl methyl sites for hydroxylation is 1. The third kappa shape index (κ3) is 4.72. The van der Waals surface area contributed by atoms with Crippen molar-refractivity contribution >= 4 is 17.5 Å². The standard InChI is InChI=1S/C11H10ClF3N4O3/c12-7-5-6(21-18-7)1-2-9(20)16-4-3-8-17-10(22-19-8)11(13,14)15/h5H,1-4H2,(H,16,20). The Morgan fingerprint density at radius 2 is 2.05 bits per heavy atom. The SMILES string of the molecule is O=C(CCc1cc(Cl)no1)NCCc1noc(C(F)(F)F)n1. The van der Waals surface area contributed by atoms with E-state index in [2.05, 4.69) is 25.1 Å². The molecule has 2 rings (SSSR count). The summed E-state index contributed by atoms with van der Waals surface area (Å²) in [5.74, 6) is -1.37. The molecule has 2 aromatic heterocycles. The van der Waals surface area contributed by atoms with Crippen LogP contribution < -0.4 is 5.32 Å². The fourth-order valence-corrected chi connectivity index (χ4v) is 1.67. The number of hydrogen-bond acceptors (Lipinski definition) is 6. The number of carbonyl (C=O) groups excluding carboxylic acids is 1. The van der Waals surface area contributed by atoms with Gasteiger partial charge in [-0.05, 0) is 0 Å². The van der Waals surface area contributed by atoms with Gasteiger partial charge >= 0.3 is 12.1 Å². The predicted molar refractivity (Wildman–Crippen MR) is 65.8 cm³/mol. The maximum Gasteiger partial charge on any atom is 0.471 e. The molecule has 0 bridgehead atoms. The molecule has 0 aliphatic heterocycles. The summed E-state index contributed by atoms with van der Waals surface area (Å²) in [7, 11) is 0. The van der Waals surface area contributed by atoms with Crippen LogP contribution in [-0.4, -0.2) is 27.7 Å². The molecule has 0 radical (unpaired) electrons. The number of rotatable bonds is 6. The van der Waals surface area contributed by atoms with E-state index in [4.69, 9.17) is 16.1 Å². The summed E-state index contributed by atoms with van der Waals surface area (Å²) in [6, 6.07) is 1.49. The molecule has 2 aromatic rings. The minimum atomic E-state index is -4.67. The van der Waals surface area contributed by atoms with Gasteiger partial charge in [0.2, 0.25) is 5.91 Å². The number of nitrogens with zero attached hydrogens (tertiary/aromatic N) is 3. The van der Waals surface area contributed by atoms with Gasteiger partial charge in [-0.2, -0.15) is 18.2 Å². The van der Waals surface area contributed by atoms with Crippen molar-refractivity contribution in [3.63, 3.8) is 0 Å². The predicted octanol–water partition coefficient (Wildman–Crippen LogP) is 2.02. The summed E-state index contributed by atoms with van der Waals surface area (Å²) >= 11 is 5.55. The lowest BCUT2D eigenvalue weighted by Crippen LogP contribution is -2.26. The topological polar surface area (TPSA) is 94.1 Å². The van der Waals surface area contributed by atoms with Gasteiger partial charge in [0.1, 0.15) is 5.76 Å². The maximum absolute atomic E-state index is 12.2. The van der Waals surface area contributed by atoms with Crippen LogP contribution >= 0.6 is 11.6 Å². The first-order valence-electron chi connectivity index (χ1n) is 6.12. The van der Waals surface area contributed by atoms with E-state index in [1.807, 2.05) is 0 Å². The second kappa shape index (κ2) is 6.77. The second-order valence-corrected chi connectivity index (χ2v) is 4.62. The number of aromatic nitrogens is 3. The monoisotopic (exact) mass is 338 g/mol. The number of amides is 1. The van der Waals surface area contributed by atoms with Crippen molar-refractivity contribution in [2.75, 3.05) is 6.54 Å². The van der Waals surface area contributed by atoms with Crippen LogP contribution in [0.25, 0.3) is 0 Å². The molecule has 0 atom stereocenters. The van der Waals surface area contributed by atoms with E-state index in [1.54, 1.807) is 0 Å². The summed E-state index contributed by atoms with van der Waals surface area (Å²) in [6.45, 7) is 0.0901. The van der Waals surface area contributed by atoms with E-state index in [0.29, 0.717) is 12.2 Å². The number of hydrogen-bond donors (Lipinski definition) is 1. The molecular formula is C11H10ClF3N4O3. The molecule has 0 aliphatic carbocycles. The van der Waals surface area contributed by atoms with Crippen molar-refractivity contribution in [1.29, 1.82) is 0 Å². The fraction of sp³-hybridized carbons (Fsp3) is 0.455. The van der Waals surface area contributed by atoms with Gasteiger partial charge < -0.3 is 14.4 Å². The van der Waals surface area contributed by atoms with Crippen molar-refractivity contribution in [1.82, 2.24) is 20.6 Å². The average molecular weight is 339 g/mol. The molecule has 2 heterocycles. The minimum absolute atomic E-state index is 0.0272. The summed E-state index contributed by atoms with van der Waals surface area (Å²) in [5, 5.41) is 9.36. The molecule has 1 amide bonds. The first kappa shape index (κ1) is 16.3. The lowest BCUT2D eigenvalue weighted by Gasteiger charge is -2.01. The molecule has 0 aromatic carbocycles. The Hall–Kier alpha value is -2.10. The van der Waals surface area contributed by atoms with Crippen molar-refractivity contribution in [2.24, 2.45) is 0 Å². The van der Waals surface area contributed by atoms with Crippen LogP contribution in [0.15, 0.2) is 15.1 Å². The molecule has 0 spiro atoms. The number of alkyl halides is 3. The van der Waals surface area contributed by atoms with Crippen LogP contribution in [0.5, 0.6) is 0 Å². The number of halogens is 4. The second-order valence-electron chi connectivity index (χ2n) is 4.23. The molecule has 0 unspecified atom stereocenters. The highest BCUT2D eigenvalue weighted by Crippen LogP contribution is 2.27. The van der Waals surface area contributed by atoms with Gasteiger partial charge in [-0.15, -0.1) is 0 Å². The van der Waals surface area contributed by atoms with E-state index in [1.165, 1.54) is 6.07 Å². The zero-order valence-electron chi connectivity index (χ0n) is 11.0. The van der Waals surface area contributed by atoms with Crippen molar-refractivity contribution in [2.45, 2.75) is 25.4 Å². The van der Waals surface area contributed by atoms with Crippen LogP contribution in [-0.2, 0) is 23.8 Å². The van der Waals surface area contributed by atoms with Crippen LogP contribution in [0, 0.1) is 0 Å². The van der Waals surface area contributed by atoms with E-state index < -0.39 is 12.1 Å². The van der Waals surface area contributed by atoms with Crippen LogP contribution in [0.1, 0.15) is 23.9 Å². The molecule has 120 valence electrons. The Morgan fingerprint density at radius 3 is 2.64 bits per heavy atom. The summed E-state index contributed by atoms with van der Waals surface area (Å²) in [4.78, 5) is 14.7. The normalized spacial score (nSPS) is 11.6. The zero-order valence-corrected chi connectivity index (χ0v) is 11.7. The quantitative estimate of drug-likeness (QED) is 0.866. The lowest BCUT2D eigenvalue weighted by molar-refractivity contribution is -0.159. The van der Waals surface area contributed by atoms with Crippen LogP contribution in [0.4, 0.5) is 13.2 Å². The summed E-state index contributed by atoms with van der Waals surface area (Å²) in [6.07, 6.45) is -4.20. The van der Waals surface area contributed by atoms with Gasteiger partial charge in [0.05, 0.1) is 0 Å². The summed E-state index contributed by atoms with van der Waals surface area (Å²) in [5.41, 5.74) is 0. The third-order valence-corrected chi connectivity index (χ3v) is 2.69. The Labute approximate surface area is 126 Å². The molecule has 0 fully saturated rings. The lowest BCUT2D eigenvalue weighted by atomic mass is 10.2. The molecule has 7 nitrogen and oxygen atoms in total. The molecule has 1 N–H and O–H groups in total. The average Bonchev–Trinajstić information content (AvgIpc) is 3.05. The smallest absolute Gasteiger partial charge is 0.360 e. The Balaban J connectivity index is 1.69. The zero-order chi connectivity index (χ0) is 16.2. The molecule has 0 saturated heterocycles. The highest BCUT2D eigenvalue weighted by molar-refractivity contribution is 6.29. The molecule has 11 heteroatoms. The molecular weight excluding hydrogens is 329 g/mol. The van der Waals surface area contributed by atoms with E-state index in [9.17, 15) is 18.0 Å². The van der Waals surface area contributed by atoms with Gasteiger partial charge in [-0.25, -0.2) is 0 Å². The van der Waals surface area contributed by atoms with Crippen LogP contribution in [0.3, 0.4) is 0 Å². The summed E-state index contributed by atoms with van der Waals surface area (Å²) < 4.78 is 45.6. The first-order valence-corrected chi connectivity index (χ1v) is 6.50. The van der Waals surface area contributed by atoms with Crippen LogP contribution in [0.2, 0.25) is 5.15 Å². The molecule has 22 heavy (non-hydrogen) atoms. The van der Waals surface area contributed by atoms with Gasteiger partial charge in [0.25, 0.3) is 0 Å². The minimum Gasteiger partial charge on any atom is -0.360 e. The Morgan fingerprint density at radius 1 is 1.27 bits per heavy atom. The molecule has 0 aliphatic rings. The molecule has 0 saturated carbocycles. The number of carbonyl (C=O) groups is 1. The van der Waals surface area contributed by atoms with Crippen molar-refractivity contribution < 1.29 is 27.0 Å². The highest BCUT2D eigenvalue weighted by Gasteiger charge is 2.38. The fourth-order valence-electron chi connectivity index (χ4n) is 1.52. The van der Waals surface area contributed by atoms with Gasteiger partial charge in [0.15, 0.2) is 11.0 Å². The largest absolute Gasteiger partial charge is 0.471 e. The first-order chi connectivity index (χ1) is 10.3. The van der Waals surface area contributed by atoms with Gasteiger partial charge in [-0.1, -0.05) is 21.9 Å². The Kier molecular flexibility index (Phi) is 5.01. The third-order valence-electron chi connectivity index (χ3n) is 2.51. The maximum atomic E-state index is 12.2. The van der Waals surface area contributed by atoms with E-state index in [0.717, 1.165) is 0 Å².